The van der Waals surface area contributed by atoms with Crippen LogP contribution in [0.4, 0.5) is 5.69 Å². The Labute approximate surface area is 106 Å². The van der Waals surface area contributed by atoms with Gasteiger partial charge in [-0.05, 0) is 31.5 Å². The van der Waals surface area contributed by atoms with Crippen LogP contribution in [0, 0.1) is 0 Å². The fourth-order valence-electron chi connectivity index (χ4n) is 1.32. The highest BCUT2D eigenvalue weighted by Gasteiger charge is 2.20. The van der Waals surface area contributed by atoms with Crippen LogP contribution in [0.5, 0.6) is 0 Å². The fourth-order valence-corrected chi connectivity index (χ4v) is 2.99. The number of nitrogen functional groups attached to an aromatic ring is 1. The molecule has 7 heteroatoms. The normalized spacial score (nSPS) is 13.6. The molecule has 0 radical (unpaired) electrons. The number of nitrogens with one attached hydrogen (secondary N) is 1. The van der Waals surface area contributed by atoms with Crippen LogP contribution in [0.15, 0.2) is 23.1 Å². The van der Waals surface area contributed by atoms with E-state index in [-0.39, 0.29) is 23.2 Å². The van der Waals surface area contributed by atoms with Crippen LogP contribution in [0.1, 0.15) is 13.3 Å². The maximum atomic E-state index is 12.0. The summed E-state index contributed by atoms with van der Waals surface area (Å²) in [5, 5.41) is 9.02. The first kappa shape index (κ1) is 14.2. The quantitative estimate of drug-likeness (QED) is 0.700. The smallest absolute Gasteiger partial charge is 0.242 e. The molecule has 1 rings (SSSR count). The molecule has 0 spiro atoms. The molecular weight excluding hydrogens is 264 g/mol. The number of hydrogen-bond donors (Lipinski definition) is 3. The molecule has 1 atom stereocenters. The highest BCUT2D eigenvalue weighted by atomic mass is 35.5. The van der Waals surface area contributed by atoms with E-state index in [9.17, 15) is 8.42 Å². The van der Waals surface area contributed by atoms with E-state index in [1.54, 1.807) is 6.92 Å². The van der Waals surface area contributed by atoms with Gasteiger partial charge < -0.3 is 10.8 Å². The molecule has 0 aliphatic heterocycles. The molecule has 0 aliphatic carbocycles. The van der Waals surface area contributed by atoms with Crippen molar-refractivity contribution in [3.05, 3.63) is 23.2 Å². The largest absolute Gasteiger partial charge is 0.398 e. The molecule has 0 saturated carbocycles. The van der Waals surface area contributed by atoms with E-state index in [1.165, 1.54) is 18.2 Å². The molecule has 1 aromatic rings. The molecule has 0 aromatic heterocycles. The summed E-state index contributed by atoms with van der Waals surface area (Å²) in [5.74, 6) is 0. The third-order valence-electron chi connectivity index (χ3n) is 2.18. The van der Waals surface area contributed by atoms with Crippen molar-refractivity contribution in [3.8, 4) is 0 Å². The van der Waals surface area contributed by atoms with Gasteiger partial charge in [0.2, 0.25) is 10.0 Å². The average molecular weight is 279 g/mol. The van der Waals surface area contributed by atoms with E-state index in [4.69, 9.17) is 22.4 Å². The van der Waals surface area contributed by atoms with Crippen LogP contribution in [0.2, 0.25) is 5.02 Å². The number of aliphatic hydroxyl groups excluding tert-OH is 1. The fraction of sp³-hybridized carbons (Fsp3) is 0.400. The van der Waals surface area contributed by atoms with Crippen molar-refractivity contribution in [2.75, 3.05) is 12.3 Å². The first-order valence-corrected chi connectivity index (χ1v) is 6.91. The second kappa shape index (κ2) is 5.68. The van der Waals surface area contributed by atoms with Crippen molar-refractivity contribution < 1.29 is 13.5 Å². The molecule has 17 heavy (non-hydrogen) atoms. The van der Waals surface area contributed by atoms with Crippen LogP contribution >= 0.6 is 11.6 Å². The highest BCUT2D eigenvalue weighted by Crippen LogP contribution is 2.22. The van der Waals surface area contributed by atoms with Gasteiger partial charge in [-0.25, -0.2) is 13.1 Å². The molecule has 0 fully saturated rings. The second-order valence-corrected chi connectivity index (χ2v) is 5.84. The molecule has 0 saturated heterocycles. The topological polar surface area (TPSA) is 92.4 Å². The molecular formula is C10H15ClN2O3S. The van der Waals surface area contributed by atoms with Crippen LogP contribution in [0.25, 0.3) is 0 Å². The number of hydrogen-bond acceptors (Lipinski definition) is 4. The van der Waals surface area contributed by atoms with Gasteiger partial charge in [-0.2, -0.15) is 0 Å². The number of sulfonamides is 1. The number of rotatable bonds is 5. The molecule has 0 amide bonds. The zero-order valence-corrected chi connectivity index (χ0v) is 10.9. The number of anilines is 1. The summed E-state index contributed by atoms with van der Waals surface area (Å²) in [6, 6.07) is 3.88. The SMILES string of the molecule is CC(CCO)NS(=O)(=O)c1cc(Cl)ccc1N. The first-order valence-electron chi connectivity index (χ1n) is 5.05. The van der Waals surface area contributed by atoms with Crippen molar-refractivity contribution in [1.29, 1.82) is 0 Å². The predicted molar refractivity (Wildman–Crippen MR) is 67.4 cm³/mol. The summed E-state index contributed by atoms with van der Waals surface area (Å²) in [7, 11) is -3.71. The van der Waals surface area contributed by atoms with Crippen molar-refractivity contribution >= 4 is 27.3 Å². The van der Waals surface area contributed by atoms with Gasteiger partial charge in [0.25, 0.3) is 0 Å². The van der Waals surface area contributed by atoms with E-state index in [0.29, 0.717) is 11.4 Å². The summed E-state index contributed by atoms with van der Waals surface area (Å²) < 4.78 is 26.3. The summed E-state index contributed by atoms with van der Waals surface area (Å²) in [6.07, 6.45) is 0.333. The molecule has 4 N–H and O–H groups in total. The minimum absolute atomic E-state index is 0.0465. The van der Waals surface area contributed by atoms with Gasteiger partial charge in [-0.1, -0.05) is 11.6 Å². The van der Waals surface area contributed by atoms with Crippen LogP contribution in [-0.4, -0.2) is 26.2 Å². The molecule has 1 aromatic carbocycles. The van der Waals surface area contributed by atoms with Crippen LogP contribution in [-0.2, 0) is 10.0 Å². The van der Waals surface area contributed by atoms with Crippen molar-refractivity contribution in [2.45, 2.75) is 24.3 Å². The monoisotopic (exact) mass is 278 g/mol. The van der Waals surface area contributed by atoms with Crippen molar-refractivity contribution in [1.82, 2.24) is 4.72 Å². The van der Waals surface area contributed by atoms with Gasteiger partial charge in [-0.3, -0.25) is 0 Å². The lowest BCUT2D eigenvalue weighted by atomic mass is 10.3. The Balaban J connectivity index is 3.01. The summed E-state index contributed by atoms with van der Waals surface area (Å²) in [5.41, 5.74) is 5.74. The highest BCUT2D eigenvalue weighted by molar-refractivity contribution is 7.89. The summed E-state index contributed by atoms with van der Waals surface area (Å²) >= 11 is 5.73. The number of aliphatic hydroxyl groups is 1. The minimum Gasteiger partial charge on any atom is -0.398 e. The van der Waals surface area contributed by atoms with Gasteiger partial charge in [0.05, 0.1) is 5.69 Å². The molecule has 0 aliphatic rings. The predicted octanol–water partition coefficient (Wildman–Crippen LogP) is 0.971. The third-order valence-corrected chi connectivity index (χ3v) is 4.06. The zero-order valence-electron chi connectivity index (χ0n) is 9.35. The summed E-state index contributed by atoms with van der Waals surface area (Å²) in [6.45, 7) is 1.57. The van der Waals surface area contributed by atoms with E-state index >= 15 is 0 Å². The van der Waals surface area contributed by atoms with Gasteiger partial charge in [0.15, 0.2) is 0 Å². The van der Waals surface area contributed by atoms with Gasteiger partial charge in [0.1, 0.15) is 4.90 Å². The first-order chi connectivity index (χ1) is 7.86. The molecule has 0 bridgehead atoms. The molecule has 96 valence electrons. The van der Waals surface area contributed by atoms with E-state index in [1.807, 2.05) is 0 Å². The van der Waals surface area contributed by atoms with Gasteiger partial charge in [-0.15, -0.1) is 0 Å². The lowest BCUT2D eigenvalue weighted by Gasteiger charge is -2.14. The Bertz CT molecular complexity index is 490. The zero-order chi connectivity index (χ0) is 13.1. The average Bonchev–Trinajstić information content (AvgIpc) is 2.21. The summed E-state index contributed by atoms with van der Waals surface area (Å²) in [4.78, 5) is -0.0465. The lowest BCUT2D eigenvalue weighted by Crippen LogP contribution is -2.33. The Morgan fingerprint density at radius 1 is 1.53 bits per heavy atom. The number of nitrogens with two attached hydrogens (primary N) is 1. The standard InChI is InChI=1S/C10H15ClN2O3S/c1-7(4-5-14)13-17(15,16)10-6-8(11)2-3-9(10)12/h2-3,6-7,13-14H,4-5,12H2,1H3. The van der Waals surface area contributed by atoms with Crippen LogP contribution in [0.3, 0.4) is 0 Å². The third kappa shape index (κ3) is 3.85. The Morgan fingerprint density at radius 3 is 2.76 bits per heavy atom. The molecule has 1 unspecified atom stereocenters. The van der Waals surface area contributed by atoms with E-state index in [2.05, 4.69) is 4.72 Å². The van der Waals surface area contributed by atoms with Gasteiger partial charge >= 0.3 is 0 Å². The second-order valence-electron chi connectivity index (χ2n) is 3.72. The Kier molecular flexibility index (Phi) is 4.76. The van der Waals surface area contributed by atoms with Crippen molar-refractivity contribution in [2.24, 2.45) is 0 Å². The number of benzene rings is 1. The molecule has 0 heterocycles. The number of halogens is 1. The Morgan fingerprint density at radius 2 is 2.18 bits per heavy atom. The van der Waals surface area contributed by atoms with Crippen LogP contribution < -0.4 is 10.5 Å². The maximum Gasteiger partial charge on any atom is 0.242 e. The van der Waals surface area contributed by atoms with Crippen molar-refractivity contribution in [3.63, 3.8) is 0 Å². The Hall–Kier alpha value is -0.820. The minimum atomic E-state index is -3.71. The van der Waals surface area contributed by atoms with E-state index < -0.39 is 10.0 Å². The van der Waals surface area contributed by atoms with Gasteiger partial charge in [0, 0.05) is 17.7 Å². The lowest BCUT2D eigenvalue weighted by molar-refractivity contribution is 0.275. The van der Waals surface area contributed by atoms with E-state index in [0.717, 1.165) is 0 Å². The molecule has 5 nitrogen and oxygen atoms in total. The maximum absolute atomic E-state index is 12.0.